The van der Waals surface area contributed by atoms with Gasteiger partial charge in [-0.25, -0.2) is 4.98 Å². The maximum Gasteiger partial charge on any atom is 0.223 e. The molecular weight excluding hydrogens is 248 g/mol. The summed E-state index contributed by atoms with van der Waals surface area (Å²) < 4.78 is 5.90. The van der Waals surface area contributed by atoms with Gasteiger partial charge in [0.25, 0.3) is 0 Å². The number of hydrogen-bond acceptors (Lipinski definition) is 4. The number of carbonyl (C=O) groups excluding carboxylic acids is 1. The SMILES string of the molecule is O=C1CC[C@@]2(CCCO2)CCN1Cc1nccs1. The van der Waals surface area contributed by atoms with Crippen LogP contribution in [0.3, 0.4) is 0 Å². The zero-order valence-electron chi connectivity index (χ0n) is 10.4. The first kappa shape index (κ1) is 12.1. The van der Waals surface area contributed by atoms with Gasteiger partial charge < -0.3 is 9.64 Å². The molecule has 3 rings (SSSR count). The molecule has 1 atom stereocenters. The van der Waals surface area contributed by atoms with Crippen molar-refractivity contribution in [1.29, 1.82) is 0 Å². The fourth-order valence-electron chi connectivity index (χ4n) is 2.89. The topological polar surface area (TPSA) is 42.4 Å². The molecule has 1 amide bonds. The van der Waals surface area contributed by atoms with E-state index in [0.29, 0.717) is 13.0 Å². The lowest BCUT2D eigenvalue weighted by Crippen LogP contribution is -2.32. The van der Waals surface area contributed by atoms with Gasteiger partial charge in [-0.1, -0.05) is 0 Å². The molecule has 2 saturated heterocycles. The van der Waals surface area contributed by atoms with E-state index in [-0.39, 0.29) is 11.5 Å². The van der Waals surface area contributed by atoms with Gasteiger partial charge in [-0.3, -0.25) is 4.79 Å². The quantitative estimate of drug-likeness (QED) is 0.824. The number of aromatic nitrogens is 1. The van der Waals surface area contributed by atoms with Gasteiger partial charge in [-0.05, 0) is 25.7 Å². The number of carbonyl (C=O) groups is 1. The van der Waals surface area contributed by atoms with E-state index in [9.17, 15) is 4.79 Å². The highest BCUT2D eigenvalue weighted by Gasteiger charge is 2.38. The first-order chi connectivity index (χ1) is 8.77. The first-order valence-electron chi connectivity index (χ1n) is 6.58. The number of ether oxygens (including phenoxy) is 1. The predicted octanol–water partition coefficient (Wildman–Crippen LogP) is 2.20. The fourth-order valence-corrected chi connectivity index (χ4v) is 3.52. The predicted molar refractivity (Wildman–Crippen MR) is 69.3 cm³/mol. The highest BCUT2D eigenvalue weighted by Crippen LogP contribution is 2.36. The highest BCUT2D eigenvalue weighted by molar-refractivity contribution is 7.09. The van der Waals surface area contributed by atoms with Gasteiger partial charge in [-0.2, -0.15) is 0 Å². The zero-order chi connectivity index (χ0) is 12.4. The maximum atomic E-state index is 12.1. The number of amides is 1. The normalized spacial score (nSPS) is 28.9. The Balaban J connectivity index is 1.67. The Bertz CT molecular complexity index is 413. The Morgan fingerprint density at radius 3 is 3.11 bits per heavy atom. The van der Waals surface area contributed by atoms with E-state index in [4.69, 9.17) is 4.74 Å². The van der Waals surface area contributed by atoms with Gasteiger partial charge in [0.1, 0.15) is 5.01 Å². The minimum Gasteiger partial charge on any atom is -0.375 e. The average molecular weight is 266 g/mol. The van der Waals surface area contributed by atoms with Gasteiger partial charge in [0.15, 0.2) is 0 Å². The summed E-state index contributed by atoms with van der Waals surface area (Å²) in [5, 5.41) is 2.98. The zero-order valence-corrected chi connectivity index (χ0v) is 11.2. The number of thiazole rings is 1. The molecule has 0 unspecified atom stereocenters. The smallest absolute Gasteiger partial charge is 0.223 e. The molecule has 18 heavy (non-hydrogen) atoms. The molecule has 0 radical (unpaired) electrons. The third-order valence-corrected chi connectivity index (χ3v) is 4.74. The molecule has 0 bridgehead atoms. The molecule has 1 aromatic rings. The summed E-state index contributed by atoms with van der Waals surface area (Å²) in [4.78, 5) is 18.3. The van der Waals surface area contributed by atoms with Crippen LogP contribution >= 0.6 is 11.3 Å². The van der Waals surface area contributed by atoms with Crippen molar-refractivity contribution in [2.75, 3.05) is 13.2 Å². The molecule has 2 aliphatic heterocycles. The lowest BCUT2D eigenvalue weighted by atomic mass is 9.92. The fraction of sp³-hybridized carbons (Fsp3) is 0.692. The molecule has 0 aliphatic carbocycles. The molecular formula is C13H18N2O2S. The molecule has 4 nitrogen and oxygen atoms in total. The summed E-state index contributed by atoms with van der Waals surface area (Å²) in [6, 6.07) is 0. The van der Waals surface area contributed by atoms with Crippen LogP contribution in [0, 0.1) is 0 Å². The van der Waals surface area contributed by atoms with Crippen LogP contribution < -0.4 is 0 Å². The lowest BCUT2D eigenvalue weighted by Gasteiger charge is -2.26. The van der Waals surface area contributed by atoms with E-state index in [1.165, 1.54) is 0 Å². The van der Waals surface area contributed by atoms with Gasteiger partial charge >= 0.3 is 0 Å². The van der Waals surface area contributed by atoms with Crippen LogP contribution in [-0.2, 0) is 16.1 Å². The van der Waals surface area contributed by atoms with E-state index in [0.717, 1.165) is 43.8 Å². The monoisotopic (exact) mass is 266 g/mol. The summed E-state index contributed by atoms with van der Waals surface area (Å²) in [6.07, 6.45) is 6.53. The Morgan fingerprint density at radius 1 is 1.44 bits per heavy atom. The minimum absolute atomic E-state index is 0.00666. The molecule has 1 aromatic heterocycles. The van der Waals surface area contributed by atoms with Crippen LogP contribution in [0.1, 0.15) is 37.1 Å². The Hall–Kier alpha value is -0.940. The molecule has 0 aromatic carbocycles. The number of hydrogen-bond donors (Lipinski definition) is 0. The van der Waals surface area contributed by atoms with Gasteiger partial charge in [0.05, 0.1) is 12.1 Å². The van der Waals surface area contributed by atoms with Crippen molar-refractivity contribution in [2.45, 2.75) is 44.2 Å². The summed E-state index contributed by atoms with van der Waals surface area (Å²) in [5.41, 5.74) is -0.00666. The van der Waals surface area contributed by atoms with E-state index in [1.54, 1.807) is 17.5 Å². The standard InChI is InChI=1S/C13H18N2O2S/c16-12-2-4-13(3-1-8-17-13)5-7-15(12)10-11-14-6-9-18-11/h6,9H,1-5,7-8,10H2/t13-/m0/s1. The molecule has 2 fully saturated rings. The first-order valence-corrected chi connectivity index (χ1v) is 7.46. The molecule has 0 N–H and O–H groups in total. The van der Waals surface area contributed by atoms with Gasteiger partial charge in [-0.15, -0.1) is 11.3 Å². The Morgan fingerprint density at radius 2 is 2.39 bits per heavy atom. The van der Waals surface area contributed by atoms with Crippen LogP contribution in [-0.4, -0.2) is 34.5 Å². The second-order valence-corrected chi connectivity index (χ2v) is 6.11. The molecule has 3 heterocycles. The summed E-state index contributed by atoms with van der Waals surface area (Å²) >= 11 is 1.61. The molecule has 2 aliphatic rings. The second kappa shape index (κ2) is 4.97. The van der Waals surface area contributed by atoms with E-state index in [2.05, 4.69) is 4.98 Å². The van der Waals surface area contributed by atoms with Crippen molar-refractivity contribution in [3.8, 4) is 0 Å². The van der Waals surface area contributed by atoms with Crippen LogP contribution in [0.2, 0.25) is 0 Å². The molecule has 98 valence electrons. The maximum absolute atomic E-state index is 12.1. The molecule has 0 saturated carbocycles. The van der Waals surface area contributed by atoms with Crippen molar-refractivity contribution in [2.24, 2.45) is 0 Å². The van der Waals surface area contributed by atoms with Gasteiger partial charge in [0, 0.05) is 31.1 Å². The number of likely N-dealkylation sites (tertiary alicyclic amines) is 1. The third kappa shape index (κ3) is 2.42. The Labute approximate surface area is 111 Å². The van der Waals surface area contributed by atoms with Gasteiger partial charge in [0.2, 0.25) is 5.91 Å². The third-order valence-electron chi connectivity index (χ3n) is 3.98. The summed E-state index contributed by atoms with van der Waals surface area (Å²) in [5.74, 6) is 0.248. The second-order valence-electron chi connectivity index (χ2n) is 5.13. The van der Waals surface area contributed by atoms with E-state index < -0.39 is 0 Å². The van der Waals surface area contributed by atoms with Crippen LogP contribution in [0.4, 0.5) is 0 Å². The van der Waals surface area contributed by atoms with Crippen molar-refractivity contribution >= 4 is 17.2 Å². The van der Waals surface area contributed by atoms with Crippen LogP contribution in [0.25, 0.3) is 0 Å². The molecule has 5 heteroatoms. The number of nitrogens with zero attached hydrogens (tertiary/aromatic N) is 2. The minimum atomic E-state index is -0.00666. The van der Waals surface area contributed by atoms with Crippen molar-refractivity contribution in [1.82, 2.24) is 9.88 Å². The Kier molecular flexibility index (Phi) is 3.35. The largest absolute Gasteiger partial charge is 0.375 e. The van der Waals surface area contributed by atoms with Crippen LogP contribution in [0.15, 0.2) is 11.6 Å². The average Bonchev–Trinajstić information content (AvgIpc) is 3.01. The number of rotatable bonds is 2. The lowest BCUT2D eigenvalue weighted by molar-refractivity contribution is -0.131. The molecule has 1 spiro atoms. The van der Waals surface area contributed by atoms with Crippen molar-refractivity contribution < 1.29 is 9.53 Å². The highest BCUT2D eigenvalue weighted by atomic mass is 32.1. The summed E-state index contributed by atoms with van der Waals surface area (Å²) in [6.45, 7) is 2.33. The van der Waals surface area contributed by atoms with E-state index >= 15 is 0 Å². The van der Waals surface area contributed by atoms with Crippen molar-refractivity contribution in [3.05, 3.63) is 16.6 Å². The van der Waals surface area contributed by atoms with Crippen LogP contribution in [0.5, 0.6) is 0 Å². The van der Waals surface area contributed by atoms with Crippen molar-refractivity contribution in [3.63, 3.8) is 0 Å². The summed E-state index contributed by atoms with van der Waals surface area (Å²) in [7, 11) is 0. The van der Waals surface area contributed by atoms with E-state index in [1.807, 2.05) is 10.3 Å².